The molecule has 0 aliphatic carbocycles. The average molecular weight is 255 g/mol. The van der Waals surface area contributed by atoms with E-state index in [1.165, 1.54) is 25.1 Å². The topological polar surface area (TPSA) is 37.4 Å². The third-order valence-corrected chi connectivity index (χ3v) is 3.95. The van der Waals surface area contributed by atoms with Gasteiger partial charge in [-0.25, -0.2) is 12.8 Å². The maximum atomic E-state index is 13.6. The van der Waals surface area contributed by atoms with E-state index in [2.05, 4.69) is 11.8 Å². The highest BCUT2D eigenvalue weighted by Crippen LogP contribution is 2.21. The first-order valence-electron chi connectivity index (χ1n) is 5.17. The van der Waals surface area contributed by atoms with Crippen molar-refractivity contribution in [2.24, 2.45) is 0 Å². The predicted octanol–water partition coefficient (Wildman–Crippen LogP) is 2.01. The van der Waals surface area contributed by atoms with E-state index in [4.69, 9.17) is 0 Å². The number of hydrogen-bond donors (Lipinski definition) is 0. The highest BCUT2D eigenvalue weighted by Gasteiger charge is 2.21. The monoisotopic (exact) mass is 255 g/mol. The Labute approximate surface area is 101 Å². The molecular formula is C12H14FNO2S. The molecule has 3 nitrogen and oxygen atoms in total. The van der Waals surface area contributed by atoms with Crippen LogP contribution in [0, 0.1) is 17.7 Å². The van der Waals surface area contributed by atoms with Gasteiger partial charge in [0.05, 0.1) is 18.0 Å². The van der Waals surface area contributed by atoms with Gasteiger partial charge >= 0.3 is 0 Å². The van der Waals surface area contributed by atoms with E-state index in [-0.39, 0.29) is 18.0 Å². The number of sulfonamides is 1. The molecule has 0 heterocycles. The van der Waals surface area contributed by atoms with Crippen molar-refractivity contribution in [3.8, 4) is 11.8 Å². The van der Waals surface area contributed by atoms with Crippen molar-refractivity contribution in [1.29, 1.82) is 0 Å². The Kier molecular flexibility index (Phi) is 4.53. The molecule has 17 heavy (non-hydrogen) atoms. The average Bonchev–Trinajstić information content (AvgIpc) is 2.31. The summed E-state index contributed by atoms with van der Waals surface area (Å²) in [7, 11) is -3.52. The SMILES string of the molecule is CC#CCN(c1ccccc1F)S(=O)(=O)CC. The predicted molar refractivity (Wildman–Crippen MR) is 66.7 cm³/mol. The molecule has 1 aromatic carbocycles. The largest absolute Gasteiger partial charge is 0.255 e. The fourth-order valence-electron chi connectivity index (χ4n) is 1.29. The molecular weight excluding hydrogens is 241 g/mol. The van der Waals surface area contributed by atoms with E-state index >= 15 is 0 Å². The Morgan fingerprint density at radius 2 is 2.00 bits per heavy atom. The summed E-state index contributed by atoms with van der Waals surface area (Å²) in [4.78, 5) is 0. The second kappa shape index (κ2) is 5.69. The molecule has 0 amide bonds. The van der Waals surface area contributed by atoms with Crippen LogP contribution in [0.2, 0.25) is 0 Å². The summed E-state index contributed by atoms with van der Waals surface area (Å²) in [6.45, 7) is 3.09. The lowest BCUT2D eigenvalue weighted by Crippen LogP contribution is -2.33. The fourth-order valence-corrected chi connectivity index (χ4v) is 2.31. The van der Waals surface area contributed by atoms with Crippen molar-refractivity contribution in [2.75, 3.05) is 16.6 Å². The van der Waals surface area contributed by atoms with Crippen LogP contribution in [0.5, 0.6) is 0 Å². The van der Waals surface area contributed by atoms with E-state index in [0.29, 0.717) is 0 Å². The minimum atomic E-state index is -3.52. The van der Waals surface area contributed by atoms with E-state index in [9.17, 15) is 12.8 Å². The van der Waals surface area contributed by atoms with E-state index < -0.39 is 15.8 Å². The summed E-state index contributed by atoms with van der Waals surface area (Å²) in [6.07, 6.45) is 0. The van der Waals surface area contributed by atoms with Crippen LogP contribution < -0.4 is 4.31 Å². The van der Waals surface area contributed by atoms with Gasteiger partial charge in [-0.2, -0.15) is 0 Å². The summed E-state index contributed by atoms with van der Waals surface area (Å²) in [5.74, 6) is 4.59. The molecule has 0 fully saturated rings. The quantitative estimate of drug-likeness (QED) is 0.772. The maximum absolute atomic E-state index is 13.6. The van der Waals surface area contributed by atoms with Gasteiger partial charge in [0.1, 0.15) is 5.82 Å². The molecule has 92 valence electrons. The third kappa shape index (κ3) is 3.21. The molecule has 0 spiro atoms. The summed E-state index contributed by atoms with van der Waals surface area (Å²) in [5, 5.41) is 0. The number of benzene rings is 1. The van der Waals surface area contributed by atoms with Crippen molar-refractivity contribution < 1.29 is 12.8 Å². The minimum absolute atomic E-state index is 0.0341. The number of nitrogens with zero attached hydrogens (tertiary/aromatic N) is 1. The standard InChI is InChI=1S/C12H14FNO2S/c1-3-5-10-14(17(15,16)4-2)12-9-7-6-8-11(12)13/h6-9H,4,10H2,1-2H3. The van der Waals surface area contributed by atoms with Gasteiger partial charge in [0.2, 0.25) is 10.0 Å². The Morgan fingerprint density at radius 3 is 2.53 bits per heavy atom. The minimum Gasteiger partial charge on any atom is -0.255 e. The smallest absolute Gasteiger partial charge is 0.235 e. The van der Waals surface area contributed by atoms with Gasteiger partial charge in [0.25, 0.3) is 0 Å². The molecule has 1 rings (SSSR count). The number of para-hydroxylation sites is 1. The first kappa shape index (κ1) is 13.5. The highest BCUT2D eigenvalue weighted by atomic mass is 32.2. The molecule has 0 bridgehead atoms. The number of halogens is 1. The van der Waals surface area contributed by atoms with Gasteiger partial charge in [0.15, 0.2) is 0 Å². The summed E-state index contributed by atoms with van der Waals surface area (Å²) >= 11 is 0. The molecule has 0 saturated carbocycles. The molecule has 1 aromatic rings. The normalized spacial score (nSPS) is 10.5. The molecule has 0 aliphatic heterocycles. The Morgan fingerprint density at radius 1 is 1.35 bits per heavy atom. The van der Waals surface area contributed by atoms with Crippen LogP contribution in [0.1, 0.15) is 13.8 Å². The van der Waals surface area contributed by atoms with Crippen LogP contribution >= 0.6 is 0 Å². The van der Waals surface area contributed by atoms with Gasteiger partial charge in [-0.3, -0.25) is 4.31 Å². The molecule has 0 saturated heterocycles. The number of anilines is 1. The van der Waals surface area contributed by atoms with E-state index in [0.717, 1.165) is 4.31 Å². The Bertz CT molecular complexity index is 543. The Hall–Kier alpha value is -1.54. The lowest BCUT2D eigenvalue weighted by molar-refractivity contribution is 0.589. The third-order valence-electron chi connectivity index (χ3n) is 2.22. The first-order valence-corrected chi connectivity index (χ1v) is 6.78. The first-order chi connectivity index (χ1) is 8.03. The highest BCUT2D eigenvalue weighted by molar-refractivity contribution is 7.92. The van der Waals surface area contributed by atoms with Gasteiger partial charge in [-0.15, -0.1) is 5.92 Å². The lowest BCUT2D eigenvalue weighted by atomic mass is 10.3. The van der Waals surface area contributed by atoms with Crippen LogP contribution in [-0.4, -0.2) is 20.7 Å². The van der Waals surface area contributed by atoms with Crippen molar-refractivity contribution in [3.05, 3.63) is 30.1 Å². The Balaban J connectivity index is 3.24. The van der Waals surface area contributed by atoms with Crippen LogP contribution in [0.15, 0.2) is 24.3 Å². The molecule has 5 heteroatoms. The van der Waals surface area contributed by atoms with E-state index in [1.54, 1.807) is 13.0 Å². The maximum Gasteiger partial charge on any atom is 0.235 e. The lowest BCUT2D eigenvalue weighted by Gasteiger charge is -2.21. The van der Waals surface area contributed by atoms with Crippen LogP contribution in [0.4, 0.5) is 10.1 Å². The molecule has 0 radical (unpaired) electrons. The van der Waals surface area contributed by atoms with Gasteiger partial charge in [-0.1, -0.05) is 18.1 Å². The van der Waals surface area contributed by atoms with Gasteiger partial charge in [-0.05, 0) is 26.0 Å². The van der Waals surface area contributed by atoms with Crippen LogP contribution in [-0.2, 0) is 10.0 Å². The van der Waals surface area contributed by atoms with Crippen LogP contribution in [0.25, 0.3) is 0 Å². The second-order valence-electron chi connectivity index (χ2n) is 3.29. The zero-order valence-corrected chi connectivity index (χ0v) is 10.6. The summed E-state index contributed by atoms with van der Waals surface area (Å²) in [5.41, 5.74) is 0.0390. The van der Waals surface area contributed by atoms with Crippen LogP contribution in [0.3, 0.4) is 0 Å². The van der Waals surface area contributed by atoms with Gasteiger partial charge < -0.3 is 0 Å². The zero-order chi connectivity index (χ0) is 12.9. The fraction of sp³-hybridized carbons (Fsp3) is 0.333. The van der Waals surface area contributed by atoms with Crippen molar-refractivity contribution >= 4 is 15.7 Å². The number of rotatable bonds is 4. The molecule has 0 atom stereocenters. The van der Waals surface area contributed by atoms with E-state index in [1.807, 2.05) is 0 Å². The number of hydrogen-bond acceptors (Lipinski definition) is 2. The van der Waals surface area contributed by atoms with Crippen molar-refractivity contribution in [3.63, 3.8) is 0 Å². The second-order valence-corrected chi connectivity index (χ2v) is 5.47. The summed E-state index contributed by atoms with van der Waals surface area (Å²) < 4.78 is 38.3. The van der Waals surface area contributed by atoms with Gasteiger partial charge in [0, 0.05) is 0 Å². The molecule has 0 aromatic heterocycles. The summed E-state index contributed by atoms with van der Waals surface area (Å²) in [6, 6.07) is 5.77. The van der Waals surface area contributed by atoms with Crippen molar-refractivity contribution in [2.45, 2.75) is 13.8 Å². The molecule has 0 N–H and O–H groups in total. The zero-order valence-electron chi connectivity index (χ0n) is 9.77. The molecule has 0 unspecified atom stereocenters. The molecule has 0 aliphatic rings. The van der Waals surface area contributed by atoms with Crippen molar-refractivity contribution in [1.82, 2.24) is 0 Å².